The summed E-state index contributed by atoms with van der Waals surface area (Å²) in [6.07, 6.45) is 8.16. The molecule has 32 heavy (non-hydrogen) atoms. The molecule has 0 saturated heterocycles. The first kappa shape index (κ1) is 22.0. The van der Waals surface area contributed by atoms with Crippen LogP contribution < -0.4 is 5.32 Å². The second-order valence-electron chi connectivity index (χ2n) is 8.38. The van der Waals surface area contributed by atoms with E-state index in [1.807, 2.05) is 12.3 Å². The molecule has 0 bridgehead atoms. The normalized spacial score (nSPS) is 12.0. The van der Waals surface area contributed by atoms with Crippen molar-refractivity contribution in [3.8, 4) is 22.4 Å². The van der Waals surface area contributed by atoms with Crippen molar-refractivity contribution < 1.29 is 0 Å². The fraction of sp³-hybridized carbons (Fsp3) is 0.276. The van der Waals surface area contributed by atoms with Crippen LogP contribution in [0.25, 0.3) is 22.4 Å². The molecule has 1 atom stereocenters. The molecular formula is C29H33N3. The van der Waals surface area contributed by atoms with Gasteiger partial charge in [0.1, 0.15) is 5.82 Å². The van der Waals surface area contributed by atoms with Gasteiger partial charge in [0, 0.05) is 18.3 Å². The van der Waals surface area contributed by atoms with Gasteiger partial charge in [-0.25, -0.2) is 4.98 Å². The van der Waals surface area contributed by atoms with Crippen molar-refractivity contribution in [3.05, 3.63) is 103 Å². The standard InChI is InChI=1S/C29H33N3/c1-2-3-4-11-16-27(30-21-23-12-7-5-8-13-23)29-31-22-28(32-29)26-19-17-25(18-20-26)24-14-9-6-10-15-24/h5-10,12-15,17-20,22,27,30H,2-4,11,16,21H2,1H3,(H,31,32). The maximum Gasteiger partial charge on any atom is 0.124 e. The van der Waals surface area contributed by atoms with E-state index in [0.717, 1.165) is 30.0 Å². The van der Waals surface area contributed by atoms with Crippen LogP contribution in [0.15, 0.2) is 91.1 Å². The summed E-state index contributed by atoms with van der Waals surface area (Å²) in [5, 5.41) is 3.73. The minimum atomic E-state index is 0.226. The molecule has 0 amide bonds. The molecule has 0 aliphatic rings. The predicted molar refractivity (Wildman–Crippen MR) is 134 cm³/mol. The highest BCUT2D eigenvalue weighted by Gasteiger charge is 2.15. The third-order valence-corrected chi connectivity index (χ3v) is 5.96. The minimum absolute atomic E-state index is 0.226. The summed E-state index contributed by atoms with van der Waals surface area (Å²) in [6, 6.07) is 30.0. The molecule has 0 spiro atoms. The van der Waals surface area contributed by atoms with Crippen LogP contribution in [-0.2, 0) is 6.54 Å². The third-order valence-electron chi connectivity index (χ3n) is 5.96. The fourth-order valence-corrected chi connectivity index (χ4v) is 4.07. The zero-order valence-corrected chi connectivity index (χ0v) is 18.9. The van der Waals surface area contributed by atoms with E-state index in [2.05, 4.69) is 96.1 Å². The zero-order valence-electron chi connectivity index (χ0n) is 18.9. The Hall–Kier alpha value is -3.17. The quantitative estimate of drug-likeness (QED) is 0.245. The van der Waals surface area contributed by atoms with Crippen molar-refractivity contribution in [3.63, 3.8) is 0 Å². The highest BCUT2D eigenvalue weighted by molar-refractivity contribution is 5.68. The summed E-state index contributed by atoms with van der Waals surface area (Å²) in [6.45, 7) is 3.11. The van der Waals surface area contributed by atoms with E-state index in [1.54, 1.807) is 0 Å². The number of rotatable bonds is 11. The molecule has 0 fully saturated rings. The van der Waals surface area contributed by atoms with Gasteiger partial charge in [-0.15, -0.1) is 0 Å². The number of nitrogens with one attached hydrogen (secondary N) is 2. The Bertz CT molecular complexity index is 1050. The molecule has 164 valence electrons. The largest absolute Gasteiger partial charge is 0.347 e. The Labute approximate surface area is 192 Å². The number of benzene rings is 3. The Kier molecular flexibility index (Phi) is 7.89. The second kappa shape index (κ2) is 11.4. The number of imidazole rings is 1. The maximum absolute atomic E-state index is 4.98. The molecule has 4 rings (SSSR count). The zero-order chi connectivity index (χ0) is 22.0. The van der Waals surface area contributed by atoms with Crippen LogP contribution in [0.5, 0.6) is 0 Å². The van der Waals surface area contributed by atoms with E-state index in [9.17, 15) is 0 Å². The van der Waals surface area contributed by atoms with Crippen LogP contribution in [-0.4, -0.2) is 9.97 Å². The van der Waals surface area contributed by atoms with E-state index < -0.39 is 0 Å². The predicted octanol–water partition coefficient (Wildman–Crippen LogP) is 7.55. The summed E-state index contributed by atoms with van der Waals surface area (Å²) >= 11 is 0. The molecule has 0 radical (unpaired) electrons. The van der Waals surface area contributed by atoms with Crippen LogP contribution >= 0.6 is 0 Å². The highest BCUT2D eigenvalue weighted by atomic mass is 15.0. The Morgan fingerprint density at radius 3 is 2.12 bits per heavy atom. The van der Waals surface area contributed by atoms with E-state index in [-0.39, 0.29) is 6.04 Å². The second-order valence-corrected chi connectivity index (χ2v) is 8.38. The summed E-state index contributed by atoms with van der Waals surface area (Å²) in [5.74, 6) is 1.03. The van der Waals surface area contributed by atoms with Crippen LogP contribution in [0, 0.1) is 0 Å². The SMILES string of the molecule is CCCCCCC(NCc1ccccc1)c1nc(-c2ccc(-c3ccccc3)cc2)c[nH]1. The van der Waals surface area contributed by atoms with Crippen molar-refractivity contribution in [2.24, 2.45) is 0 Å². The molecular weight excluding hydrogens is 390 g/mol. The van der Waals surface area contributed by atoms with Gasteiger partial charge in [-0.1, -0.05) is 118 Å². The van der Waals surface area contributed by atoms with Gasteiger partial charge < -0.3 is 10.3 Å². The van der Waals surface area contributed by atoms with E-state index in [1.165, 1.54) is 42.4 Å². The molecule has 3 nitrogen and oxygen atoms in total. The topological polar surface area (TPSA) is 40.7 Å². The van der Waals surface area contributed by atoms with Crippen molar-refractivity contribution in [1.29, 1.82) is 0 Å². The summed E-state index contributed by atoms with van der Waals surface area (Å²) in [5.41, 5.74) is 5.90. The maximum atomic E-state index is 4.98. The van der Waals surface area contributed by atoms with Crippen molar-refractivity contribution in [2.75, 3.05) is 0 Å². The monoisotopic (exact) mass is 423 g/mol. The lowest BCUT2D eigenvalue weighted by Gasteiger charge is -2.17. The van der Waals surface area contributed by atoms with Gasteiger partial charge in [0.2, 0.25) is 0 Å². The van der Waals surface area contributed by atoms with Crippen molar-refractivity contribution >= 4 is 0 Å². The number of nitrogens with zero attached hydrogens (tertiary/aromatic N) is 1. The van der Waals surface area contributed by atoms with Gasteiger partial charge in [0.25, 0.3) is 0 Å². The Morgan fingerprint density at radius 1 is 0.750 bits per heavy atom. The van der Waals surface area contributed by atoms with Gasteiger partial charge in [0.05, 0.1) is 11.7 Å². The lowest BCUT2D eigenvalue weighted by atomic mass is 10.0. The first-order valence-electron chi connectivity index (χ1n) is 11.8. The lowest BCUT2D eigenvalue weighted by Crippen LogP contribution is -2.22. The first-order chi connectivity index (χ1) is 15.8. The number of hydrogen-bond acceptors (Lipinski definition) is 2. The van der Waals surface area contributed by atoms with Crippen molar-refractivity contribution in [2.45, 2.75) is 51.6 Å². The molecule has 0 saturated carbocycles. The number of aromatic amines is 1. The molecule has 3 heteroatoms. The number of hydrogen-bond donors (Lipinski definition) is 2. The average Bonchev–Trinajstić information content (AvgIpc) is 3.35. The summed E-state index contributed by atoms with van der Waals surface area (Å²) in [7, 11) is 0. The van der Waals surface area contributed by atoms with Gasteiger partial charge in [-0.2, -0.15) is 0 Å². The van der Waals surface area contributed by atoms with Gasteiger partial charge in [-0.3, -0.25) is 0 Å². The molecule has 0 aliphatic heterocycles. The summed E-state index contributed by atoms with van der Waals surface area (Å²) in [4.78, 5) is 8.43. The van der Waals surface area contributed by atoms with Crippen LogP contribution in [0.3, 0.4) is 0 Å². The number of aromatic nitrogens is 2. The van der Waals surface area contributed by atoms with E-state index in [0.29, 0.717) is 0 Å². The van der Waals surface area contributed by atoms with Gasteiger partial charge in [-0.05, 0) is 23.1 Å². The average molecular weight is 424 g/mol. The molecule has 1 aromatic heterocycles. The number of unbranched alkanes of at least 4 members (excludes halogenated alkanes) is 3. The van der Waals surface area contributed by atoms with Gasteiger partial charge >= 0.3 is 0 Å². The van der Waals surface area contributed by atoms with Gasteiger partial charge in [0.15, 0.2) is 0 Å². The minimum Gasteiger partial charge on any atom is -0.347 e. The molecule has 4 aromatic rings. The fourth-order valence-electron chi connectivity index (χ4n) is 4.07. The molecule has 0 aliphatic carbocycles. The third kappa shape index (κ3) is 5.95. The Balaban J connectivity index is 1.46. The molecule has 1 unspecified atom stereocenters. The summed E-state index contributed by atoms with van der Waals surface area (Å²) < 4.78 is 0. The first-order valence-corrected chi connectivity index (χ1v) is 11.8. The van der Waals surface area contributed by atoms with E-state index >= 15 is 0 Å². The van der Waals surface area contributed by atoms with Crippen LogP contribution in [0.2, 0.25) is 0 Å². The van der Waals surface area contributed by atoms with Crippen molar-refractivity contribution in [1.82, 2.24) is 15.3 Å². The van der Waals surface area contributed by atoms with E-state index in [4.69, 9.17) is 4.98 Å². The molecule has 2 N–H and O–H groups in total. The van der Waals surface area contributed by atoms with Crippen LogP contribution in [0.1, 0.15) is 56.5 Å². The number of H-pyrrole nitrogens is 1. The lowest BCUT2D eigenvalue weighted by molar-refractivity contribution is 0.453. The smallest absolute Gasteiger partial charge is 0.124 e. The Morgan fingerprint density at radius 2 is 1.41 bits per heavy atom. The highest BCUT2D eigenvalue weighted by Crippen LogP contribution is 2.26. The molecule has 1 heterocycles. The molecule has 3 aromatic carbocycles. The van der Waals surface area contributed by atoms with Crippen LogP contribution in [0.4, 0.5) is 0 Å².